The maximum Gasteiger partial charge on any atom is 0.331 e. The van der Waals surface area contributed by atoms with E-state index < -0.39 is 5.97 Å². The second-order valence-electron chi connectivity index (χ2n) is 4.11. The molecule has 0 fully saturated rings. The first-order valence-electron chi connectivity index (χ1n) is 5.74. The molecule has 0 aliphatic carbocycles. The topological polar surface area (TPSA) is 66.4 Å². The van der Waals surface area contributed by atoms with Crippen molar-refractivity contribution >= 4 is 18.0 Å². The van der Waals surface area contributed by atoms with E-state index in [1.54, 1.807) is 13.0 Å². The van der Waals surface area contributed by atoms with Crippen molar-refractivity contribution in [3.05, 3.63) is 41.0 Å². The highest BCUT2D eigenvalue weighted by molar-refractivity contribution is 5.91. The lowest BCUT2D eigenvalue weighted by molar-refractivity contribution is -0.132. The molecule has 1 rings (SSSR count). The van der Waals surface area contributed by atoms with Crippen molar-refractivity contribution in [2.24, 2.45) is 0 Å². The maximum atomic E-state index is 10.7. The summed E-state index contributed by atoms with van der Waals surface area (Å²) in [5.74, 6) is -0.948. The Balaban J connectivity index is 2.60. The van der Waals surface area contributed by atoms with Crippen LogP contribution in [0.1, 0.15) is 25.0 Å². The number of hydrogen-bond donors (Lipinski definition) is 2. The van der Waals surface area contributed by atoms with Crippen LogP contribution in [-0.4, -0.2) is 23.5 Å². The Bertz CT molecular complexity index is 460. The summed E-state index contributed by atoms with van der Waals surface area (Å²) in [7, 11) is 0. The number of aliphatic carboxylic acids is 1. The predicted octanol–water partition coefficient (Wildman–Crippen LogP) is 1.85. The zero-order valence-corrected chi connectivity index (χ0v) is 10.6. The van der Waals surface area contributed by atoms with Gasteiger partial charge in [-0.1, -0.05) is 24.3 Å². The largest absolute Gasteiger partial charge is 0.478 e. The van der Waals surface area contributed by atoms with Gasteiger partial charge in [-0.05, 0) is 30.5 Å². The summed E-state index contributed by atoms with van der Waals surface area (Å²) in [6, 6.07) is 7.61. The third-order valence-electron chi connectivity index (χ3n) is 2.49. The molecule has 1 aromatic rings. The summed E-state index contributed by atoms with van der Waals surface area (Å²) >= 11 is 0. The molecule has 1 aromatic carbocycles. The first kappa shape index (κ1) is 14.0. The van der Waals surface area contributed by atoms with Gasteiger partial charge in [0.05, 0.1) is 0 Å². The molecule has 2 N–H and O–H groups in total. The molecule has 4 nitrogen and oxygen atoms in total. The molecule has 0 aliphatic rings. The first-order valence-corrected chi connectivity index (χ1v) is 5.74. The highest BCUT2D eigenvalue weighted by Gasteiger charge is 2.00. The van der Waals surface area contributed by atoms with E-state index in [0.29, 0.717) is 12.1 Å². The SMILES string of the molecule is CC(=O)NCCc1ccc(C=C(C)C(=O)O)cc1. The summed E-state index contributed by atoms with van der Waals surface area (Å²) < 4.78 is 0. The minimum Gasteiger partial charge on any atom is -0.478 e. The van der Waals surface area contributed by atoms with Gasteiger partial charge in [0, 0.05) is 19.0 Å². The van der Waals surface area contributed by atoms with Crippen molar-refractivity contribution in [3.63, 3.8) is 0 Å². The van der Waals surface area contributed by atoms with Crippen LogP contribution in [0.4, 0.5) is 0 Å². The minimum absolute atomic E-state index is 0.0355. The van der Waals surface area contributed by atoms with Crippen LogP contribution in [0.5, 0.6) is 0 Å². The molecule has 96 valence electrons. The molecule has 0 saturated carbocycles. The van der Waals surface area contributed by atoms with Gasteiger partial charge < -0.3 is 10.4 Å². The van der Waals surface area contributed by atoms with Crippen LogP contribution in [-0.2, 0) is 16.0 Å². The number of benzene rings is 1. The van der Waals surface area contributed by atoms with Crippen LogP contribution < -0.4 is 5.32 Å². The van der Waals surface area contributed by atoms with E-state index in [-0.39, 0.29) is 5.91 Å². The zero-order valence-electron chi connectivity index (χ0n) is 10.6. The van der Waals surface area contributed by atoms with E-state index in [2.05, 4.69) is 5.32 Å². The monoisotopic (exact) mass is 247 g/mol. The zero-order chi connectivity index (χ0) is 13.5. The Hall–Kier alpha value is -2.10. The van der Waals surface area contributed by atoms with Crippen LogP contribution in [0.15, 0.2) is 29.8 Å². The molecule has 0 spiro atoms. The van der Waals surface area contributed by atoms with Crippen LogP contribution in [0.25, 0.3) is 6.08 Å². The van der Waals surface area contributed by atoms with Gasteiger partial charge in [-0.2, -0.15) is 0 Å². The van der Waals surface area contributed by atoms with E-state index in [1.165, 1.54) is 6.92 Å². The Morgan fingerprint density at radius 2 is 1.83 bits per heavy atom. The van der Waals surface area contributed by atoms with Gasteiger partial charge in [0.1, 0.15) is 0 Å². The average molecular weight is 247 g/mol. The molecule has 4 heteroatoms. The van der Waals surface area contributed by atoms with Crippen molar-refractivity contribution in [2.45, 2.75) is 20.3 Å². The summed E-state index contributed by atoms with van der Waals surface area (Å²) in [5, 5.41) is 11.5. The van der Waals surface area contributed by atoms with Gasteiger partial charge in [-0.3, -0.25) is 4.79 Å². The van der Waals surface area contributed by atoms with Crippen LogP contribution in [0.3, 0.4) is 0 Å². The Kier molecular flexibility index (Phi) is 5.11. The molecular formula is C14H17NO3. The van der Waals surface area contributed by atoms with Crippen LogP contribution in [0, 0.1) is 0 Å². The number of rotatable bonds is 5. The van der Waals surface area contributed by atoms with Crippen molar-refractivity contribution < 1.29 is 14.7 Å². The number of carboxylic acid groups (broad SMARTS) is 1. The van der Waals surface area contributed by atoms with E-state index in [1.807, 2.05) is 24.3 Å². The summed E-state index contributed by atoms with van der Waals surface area (Å²) in [6.07, 6.45) is 2.39. The first-order chi connectivity index (χ1) is 8.49. The third kappa shape index (κ3) is 4.82. The molecule has 0 radical (unpaired) electrons. The summed E-state index contributed by atoms with van der Waals surface area (Å²) in [4.78, 5) is 21.4. The minimum atomic E-state index is -0.912. The fraction of sp³-hybridized carbons (Fsp3) is 0.286. The van der Waals surface area contributed by atoms with Crippen molar-refractivity contribution in [1.29, 1.82) is 0 Å². The van der Waals surface area contributed by atoms with Gasteiger partial charge in [-0.15, -0.1) is 0 Å². The van der Waals surface area contributed by atoms with Crippen LogP contribution >= 0.6 is 0 Å². The lowest BCUT2D eigenvalue weighted by atomic mass is 10.1. The lowest BCUT2D eigenvalue weighted by Crippen LogP contribution is -2.22. The van der Waals surface area contributed by atoms with Gasteiger partial charge in [-0.25, -0.2) is 4.79 Å². The normalized spacial score (nSPS) is 11.1. The average Bonchev–Trinajstić information content (AvgIpc) is 2.30. The lowest BCUT2D eigenvalue weighted by Gasteiger charge is -2.03. The maximum absolute atomic E-state index is 10.7. The molecule has 0 saturated heterocycles. The highest BCUT2D eigenvalue weighted by atomic mass is 16.4. The molecule has 0 bridgehead atoms. The number of carboxylic acids is 1. The van der Waals surface area contributed by atoms with Gasteiger partial charge >= 0.3 is 5.97 Å². The van der Waals surface area contributed by atoms with Gasteiger partial charge in [0.15, 0.2) is 0 Å². The Morgan fingerprint density at radius 1 is 1.22 bits per heavy atom. The van der Waals surface area contributed by atoms with E-state index in [0.717, 1.165) is 17.5 Å². The molecule has 0 aromatic heterocycles. The number of nitrogens with one attached hydrogen (secondary N) is 1. The van der Waals surface area contributed by atoms with E-state index in [4.69, 9.17) is 5.11 Å². The smallest absolute Gasteiger partial charge is 0.331 e. The van der Waals surface area contributed by atoms with E-state index >= 15 is 0 Å². The second kappa shape index (κ2) is 6.59. The quantitative estimate of drug-likeness (QED) is 0.780. The van der Waals surface area contributed by atoms with Crippen molar-refractivity contribution in [3.8, 4) is 0 Å². The van der Waals surface area contributed by atoms with E-state index in [9.17, 15) is 9.59 Å². The Morgan fingerprint density at radius 3 is 2.33 bits per heavy atom. The van der Waals surface area contributed by atoms with Crippen molar-refractivity contribution in [2.75, 3.05) is 6.54 Å². The fourth-order valence-electron chi connectivity index (χ4n) is 1.48. The van der Waals surface area contributed by atoms with Gasteiger partial charge in [0.25, 0.3) is 0 Å². The number of hydrogen-bond acceptors (Lipinski definition) is 2. The van der Waals surface area contributed by atoms with Crippen molar-refractivity contribution in [1.82, 2.24) is 5.32 Å². The second-order valence-corrected chi connectivity index (χ2v) is 4.11. The molecule has 0 atom stereocenters. The third-order valence-corrected chi connectivity index (χ3v) is 2.49. The molecular weight excluding hydrogens is 230 g/mol. The van der Waals surface area contributed by atoms with Gasteiger partial charge in [0.2, 0.25) is 5.91 Å². The summed E-state index contributed by atoms with van der Waals surface area (Å²) in [5.41, 5.74) is 2.27. The molecule has 0 aliphatic heterocycles. The molecule has 0 heterocycles. The number of carbonyl (C=O) groups excluding carboxylic acids is 1. The Labute approximate surface area is 106 Å². The number of amides is 1. The fourth-order valence-corrected chi connectivity index (χ4v) is 1.48. The molecule has 1 amide bonds. The number of carbonyl (C=O) groups is 2. The van der Waals surface area contributed by atoms with Crippen LogP contribution in [0.2, 0.25) is 0 Å². The standard InChI is InChI=1S/C14H17NO3/c1-10(14(17)18)9-13-5-3-12(4-6-13)7-8-15-11(2)16/h3-6,9H,7-8H2,1-2H3,(H,15,16)(H,17,18). The molecule has 0 unspecified atom stereocenters. The predicted molar refractivity (Wildman–Crippen MR) is 70.1 cm³/mol. The highest BCUT2D eigenvalue weighted by Crippen LogP contribution is 2.09. The molecule has 18 heavy (non-hydrogen) atoms. The summed E-state index contributed by atoms with van der Waals surface area (Å²) in [6.45, 7) is 3.66.